The monoisotopic (exact) mass is 196 g/mol. The summed E-state index contributed by atoms with van der Waals surface area (Å²) in [5.41, 5.74) is 1.92. The summed E-state index contributed by atoms with van der Waals surface area (Å²) >= 11 is 0. The largest absolute Gasteiger partial charge is 0.361 e. The lowest BCUT2D eigenvalue weighted by Gasteiger charge is -2.07. The third-order valence-corrected chi connectivity index (χ3v) is 2.43. The molecule has 1 amide bonds. The van der Waals surface area contributed by atoms with Gasteiger partial charge in [-0.1, -0.05) is 12.1 Å². The fourth-order valence-corrected chi connectivity index (χ4v) is 1.37. The molecule has 0 unspecified atom stereocenters. The van der Waals surface area contributed by atoms with Crippen molar-refractivity contribution < 1.29 is 9.32 Å². The van der Waals surface area contributed by atoms with Crippen molar-refractivity contribution in [2.24, 2.45) is 0 Å². The first-order valence-corrected chi connectivity index (χ1v) is 4.69. The van der Waals surface area contributed by atoms with Crippen LogP contribution in [0.1, 0.15) is 36.3 Å². The minimum Gasteiger partial charge on any atom is -0.361 e. The SMILES string of the molecule is CNC(=O)C[C@H](C)c1noc(C)c1C. The van der Waals surface area contributed by atoms with Crippen LogP contribution in [0.4, 0.5) is 0 Å². The molecular weight excluding hydrogens is 180 g/mol. The van der Waals surface area contributed by atoms with Crippen LogP contribution in [0.2, 0.25) is 0 Å². The van der Waals surface area contributed by atoms with E-state index < -0.39 is 0 Å². The molecule has 0 fully saturated rings. The molecule has 1 heterocycles. The Morgan fingerprint density at radius 1 is 1.57 bits per heavy atom. The van der Waals surface area contributed by atoms with Crippen molar-refractivity contribution >= 4 is 5.91 Å². The first-order valence-electron chi connectivity index (χ1n) is 4.69. The van der Waals surface area contributed by atoms with Crippen molar-refractivity contribution in [1.29, 1.82) is 0 Å². The molecule has 0 saturated heterocycles. The van der Waals surface area contributed by atoms with Gasteiger partial charge in [-0.3, -0.25) is 4.79 Å². The molecule has 1 aromatic rings. The molecule has 1 N–H and O–H groups in total. The summed E-state index contributed by atoms with van der Waals surface area (Å²) in [4.78, 5) is 11.1. The van der Waals surface area contributed by atoms with Gasteiger partial charge in [0.05, 0.1) is 5.69 Å². The van der Waals surface area contributed by atoms with E-state index >= 15 is 0 Å². The van der Waals surface area contributed by atoms with Gasteiger partial charge in [-0.25, -0.2) is 0 Å². The molecular formula is C10H16N2O2. The minimum atomic E-state index is 0.0255. The van der Waals surface area contributed by atoms with E-state index in [-0.39, 0.29) is 11.8 Å². The lowest BCUT2D eigenvalue weighted by Crippen LogP contribution is -2.19. The molecule has 4 heteroatoms. The molecule has 0 radical (unpaired) electrons. The van der Waals surface area contributed by atoms with Crippen LogP contribution in [-0.4, -0.2) is 18.1 Å². The van der Waals surface area contributed by atoms with E-state index in [2.05, 4.69) is 10.5 Å². The summed E-state index contributed by atoms with van der Waals surface area (Å²) in [6.45, 7) is 5.81. The Morgan fingerprint density at radius 3 is 2.64 bits per heavy atom. The Balaban J connectivity index is 2.74. The third-order valence-electron chi connectivity index (χ3n) is 2.43. The summed E-state index contributed by atoms with van der Waals surface area (Å²) in [5.74, 6) is 0.953. The van der Waals surface area contributed by atoms with Gasteiger partial charge in [-0.2, -0.15) is 0 Å². The zero-order chi connectivity index (χ0) is 10.7. The molecule has 0 aliphatic carbocycles. The third kappa shape index (κ3) is 2.13. The Labute approximate surface area is 83.7 Å². The van der Waals surface area contributed by atoms with Crippen molar-refractivity contribution in [1.82, 2.24) is 10.5 Å². The molecule has 1 atom stereocenters. The van der Waals surface area contributed by atoms with Crippen molar-refractivity contribution in [3.05, 3.63) is 17.0 Å². The summed E-state index contributed by atoms with van der Waals surface area (Å²) in [6, 6.07) is 0. The van der Waals surface area contributed by atoms with Gasteiger partial charge in [0, 0.05) is 24.9 Å². The first-order chi connectivity index (χ1) is 6.56. The van der Waals surface area contributed by atoms with Gasteiger partial charge in [0.15, 0.2) is 0 Å². The van der Waals surface area contributed by atoms with E-state index in [4.69, 9.17) is 4.52 Å². The normalized spacial score (nSPS) is 12.6. The molecule has 0 bridgehead atoms. The van der Waals surface area contributed by atoms with Crippen LogP contribution in [0.15, 0.2) is 4.52 Å². The molecule has 14 heavy (non-hydrogen) atoms. The zero-order valence-corrected chi connectivity index (χ0v) is 9.05. The van der Waals surface area contributed by atoms with E-state index in [1.165, 1.54) is 0 Å². The Bertz CT molecular complexity index is 331. The molecule has 0 aromatic carbocycles. The predicted molar refractivity (Wildman–Crippen MR) is 53.1 cm³/mol. The number of aryl methyl sites for hydroxylation is 1. The smallest absolute Gasteiger partial charge is 0.220 e. The molecule has 1 rings (SSSR count). The van der Waals surface area contributed by atoms with Crippen molar-refractivity contribution in [2.75, 3.05) is 7.05 Å². The van der Waals surface area contributed by atoms with E-state index in [0.29, 0.717) is 6.42 Å². The fourth-order valence-electron chi connectivity index (χ4n) is 1.37. The van der Waals surface area contributed by atoms with Gasteiger partial charge in [0.25, 0.3) is 0 Å². The van der Waals surface area contributed by atoms with Crippen LogP contribution >= 0.6 is 0 Å². The summed E-state index contributed by atoms with van der Waals surface area (Å²) in [5, 5.41) is 6.54. The molecule has 0 spiro atoms. The highest BCUT2D eigenvalue weighted by molar-refractivity contribution is 5.76. The fraction of sp³-hybridized carbons (Fsp3) is 0.600. The average Bonchev–Trinajstić information content (AvgIpc) is 2.47. The van der Waals surface area contributed by atoms with Gasteiger partial charge in [-0.15, -0.1) is 0 Å². The Morgan fingerprint density at radius 2 is 2.21 bits per heavy atom. The van der Waals surface area contributed by atoms with Crippen molar-refractivity contribution in [3.8, 4) is 0 Å². The minimum absolute atomic E-state index is 0.0255. The van der Waals surface area contributed by atoms with Crippen LogP contribution in [0, 0.1) is 13.8 Å². The lowest BCUT2D eigenvalue weighted by atomic mass is 10.00. The van der Waals surface area contributed by atoms with Crippen LogP contribution in [0.25, 0.3) is 0 Å². The lowest BCUT2D eigenvalue weighted by molar-refractivity contribution is -0.120. The van der Waals surface area contributed by atoms with Crippen molar-refractivity contribution in [3.63, 3.8) is 0 Å². The van der Waals surface area contributed by atoms with Crippen LogP contribution < -0.4 is 5.32 Å². The van der Waals surface area contributed by atoms with Crippen LogP contribution in [0.5, 0.6) is 0 Å². The topological polar surface area (TPSA) is 55.1 Å². The van der Waals surface area contributed by atoms with Crippen LogP contribution in [0.3, 0.4) is 0 Å². The molecule has 78 valence electrons. The second kappa shape index (κ2) is 4.26. The number of carbonyl (C=O) groups excluding carboxylic acids is 1. The molecule has 4 nitrogen and oxygen atoms in total. The Hall–Kier alpha value is -1.32. The van der Waals surface area contributed by atoms with Gasteiger partial charge in [0.1, 0.15) is 5.76 Å². The summed E-state index contributed by atoms with van der Waals surface area (Å²) in [7, 11) is 1.63. The van der Waals surface area contributed by atoms with Crippen molar-refractivity contribution in [2.45, 2.75) is 33.1 Å². The number of hydrogen-bond acceptors (Lipinski definition) is 3. The van der Waals surface area contributed by atoms with E-state index in [1.54, 1.807) is 7.05 Å². The average molecular weight is 196 g/mol. The number of aromatic nitrogens is 1. The van der Waals surface area contributed by atoms with Gasteiger partial charge in [0.2, 0.25) is 5.91 Å². The maximum absolute atomic E-state index is 11.1. The van der Waals surface area contributed by atoms with E-state index in [1.807, 2.05) is 20.8 Å². The molecule has 0 aliphatic rings. The number of rotatable bonds is 3. The predicted octanol–water partition coefficient (Wildman–Crippen LogP) is 1.53. The second-order valence-corrected chi connectivity index (χ2v) is 3.53. The van der Waals surface area contributed by atoms with Gasteiger partial charge >= 0.3 is 0 Å². The number of nitrogens with zero attached hydrogens (tertiary/aromatic N) is 1. The van der Waals surface area contributed by atoms with E-state index in [9.17, 15) is 4.79 Å². The highest BCUT2D eigenvalue weighted by Gasteiger charge is 2.17. The van der Waals surface area contributed by atoms with Gasteiger partial charge in [-0.05, 0) is 13.8 Å². The molecule has 0 saturated carbocycles. The Kier molecular flexibility index (Phi) is 3.28. The highest BCUT2D eigenvalue weighted by atomic mass is 16.5. The number of amides is 1. The number of hydrogen-bond donors (Lipinski definition) is 1. The number of nitrogens with one attached hydrogen (secondary N) is 1. The summed E-state index contributed by atoms with van der Waals surface area (Å²) < 4.78 is 5.05. The maximum Gasteiger partial charge on any atom is 0.220 e. The second-order valence-electron chi connectivity index (χ2n) is 3.53. The molecule has 0 aliphatic heterocycles. The highest BCUT2D eigenvalue weighted by Crippen LogP contribution is 2.23. The van der Waals surface area contributed by atoms with E-state index in [0.717, 1.165) is 17.0 Å². The first kappa shape index (κ1) is 10.8. The quantitative estimate of drug-likeness (QED) is 0.797. The van der Waals surface area contributed by atoms with Crippen LogP contribution in [-0.2, 0) is 4.79 Å². The zero-order valence-electron chi connectivity index (χ0n) is 9.05. The number of carbonyl (C=O) groups is 1. The van der Waals surface area contributed by atoms with Gasteiger partial charge < -0.3 is 9.84 Å². The maximum atomic E-state index is 11.1. The standard InChI is InChI=1S/C10H16N2O2/c1-6(5-9(13)11-4)10-7(2)8(3)14-12-10/h6H,5H2,1-4H3,(H,11,13)/t6-/m0/s1. The summed E-state index contributed by atoms with van der Waals surface area (Å²) in [6.07, 6.45) is 0.448. The molecule has 1 aromatic heterocycles.